The summed E-state index contributed by atoms with van der Waals surface area (Å²) in [6.07, 6.45) is 5.34. The zero-order chi connectivity index (χ0) is 13.1. The number of carbonyl (C=O) groups is 1. The summed E-state index contributed by atoms with van der Waals surface area (Å²) < 4.78 is 5.51. The van der Waals surface area contributed by atoms with Gasteiger partial charge < -0.3 is 9.64 Å². The minimum Gasteiger partial charge on any atom is -0.378 e. The van der Waals surface area contributed by atoms with Gasteiger partial charge in [-0.3, -0.25) is 4.79 Å². The number of halogens is 1. The van der Waals surface area contributed by atoms with Crippen molar-refractivity contribution >= 4 is 17.5 Å². The van der Waals surface area contributed by atoms with Crippen molar-refractivity contribution < 1.29 is 9.53 Å². The second kappa shape index (κ2) is 6.25. The Morgan fingerprint density at radius 2 is 1.94 bits per heavy atom. The molecular weight excluding hydrogens is 250 g/mol. The van der Waals surface area contributed by atoms with Crippen molar-refractivity contribution in [3.63, 3.8) is 0 Å². The number of nitrogens with zero attached hydrogens (tertiary/aromatic N) is 1. The molecule has 2 fully saturated rings. The molecule has 0 heterocycles. The normalized spacial score (nSPS) is 34.6. The van der Waals surface area contributed by atoms with Gasteiger partial charge in [0.2, 0.25) is 5.91 Å². The van der Waals surface area contributed by atoms with E-state index in [2.05, 4.69) is 0 Å². The van der Waals surface area contributed by atoms with E-state index >= 15 is 0 Å². The van der Waals surface area contributed by atoms with Gasteiger partial charge in [-0.05, 0) is 44.4 Å². The van der Waals surface area contributed by atoms with Gasteiger partial charge in [0.1, 0.15) is 0 Å². The molecule has 3 nitrogen and oxygen atoms in total. The Balaban J connectivity index is 1.60. The third-order valence-electron chi connectivity index (χ3n) is 4.19. The highest BCUT2D eigenvalue weighted by molar-refractivity contribution is 6.21. The van der Waals surface area contributed by atoms with Crippen LogP contribution in [0, 0.1) is 11.8 Å². The van der Waals surface area contributed by atoms with Crippen LogP contribution in [0.4, 0.5) is 0 Å². The van der Waals surface area contributed by atoms with E-state index < -0.39 is 0 Å². The molecule has 0 aromatic rings. The van der Waals surface area contributed by atoms with Gasteiger partial charge in [-0.25, -0.2) is 0 Å². The van der Waals surface area contributed by atoms with Crippen molar-refractivity contribution in [3.05, 3.63) is 0 Å². The van der Waals surface area contributed by atoms with E-state index in [9.17, 15) is 4.79 Å². The van der Waals surface area contributed by atoms with Gasteiger partial charge in [0.15, 0.2) is 0 Å². The van der Waals surface area contributed by atoms with E-state index in [4.69, 9.17) is 16.3 Å². The molecular formula is C14H24ClNO2. The van der Waals surface area contributed by atoms with Crippen LogP contribution < -0.4 is 0 Å². The lowest BCUT2D eigenvalue weighted by atomic mass is 9.79. The Labute approximate surface area is 115 Å². The molecule has 2 saturated carbocycles. The Kier molecular flexibility index (Phi) is 4.91. The number of hydrogen-bond acceptors (Lipinski definition) is 2. The highest BCUT2D eigenvalue weighted by Crippen LogP contribution is 2.34. The Morgan fingerprint density at radius 3 is 2.50 bits per heavy atom. The van der Waals surface area contributed by atoms with E-state index in [1.807, 2.05) is 18.9 Å². The molecule has 2 rings (SSSR count). The average Bonchev–Trinajstić information content (AvgIpc) is 2.23. The van der Waals surface area contributed by atoms with Gasteiger partial charge in [-0.15, -0.1) is 11.6 Å². The van der Waals surface area contributed by atoms with E-state index in [1.165, 1.54) is 0 Å². The van der Waals surface area contributed by atoms with Gasteiger partial charge in [0.25, 0.3) is 0 Å². The smallest absolute Gasteiger partial charge is 0.222 e. The van der Waals surface area contributed by atoms with E-state index in [0.717, 1.165) is 38.8 Å². The Morgan fingerprint density at radius 1 is 1.28 bits per heavy atom. The standard InChI is InChI=1S/C14H24ClNO2/c1-3-18-13-6-10(7-13)8-14(17)16(2)9-11-4-12(15)5-11/h10-13H,3-9H2,1-2H3. The van der Waals surface area contributed by atoms with Crippen LogP contribution in [0.15, 0.2) is 0 Å². The maximum atomic E-state index is 12.0. The molecule has 1 amide bonds. The van der Waals surface area contributed by atoms with Crippen molar-refractivity contribution in [2.24, 2.45) is 11.8 Å². The minimum absolute atomic E-state index is 0.285. The molecule has 2 aliphatic rings. The van der Waals surface area contributed by atoms with E-state index in [1.54, 1.807) is 0 Å². The fourth-order valence-electron chi connectivity index (χ4n) is 2.91. The summed E-state index contributed by atoms with van der Waals surface area (Å²) in [5.41, 5.74) is 0. The molecule has 0 atom stereocenters. The summed E-state index contributed by atoms with van der Waals surface area (Å²) in [5, 5.41) is 0.345. The fraction of sp³-hybridized carbons (Fsp3) is 0.929. The van der Waals surface area contributed by atoms with Gasteiger partial charge in [0.05, 0.1) is 6.10 Å². The largest absolute Gasteiger partial charge is 0.378 e. The number of alkyl halides is 1. The van der Waals surface area contributed by atoms with Crippen molar-refractivity contribution in [1.82, 2.24) is 4.90 Å². The van der Waals surface area contributed by atoms with Crippen LogP contribution >= 0.6 is 11.6 Å². The summed E-state index contributed by atoms with van der Waals surface area (Å²) in [6.45, 7) is 3.69. The maximum Gasteiger partial charge on any atom is 0.222 e. The second-order valence-corrected chi connectivity index (χ2v) is 6.45. The molecule has 18 heavy (non-hydrogen) atoms. The second-order valence-electron chi connectivity index (χ2n) is 5.83. The molecule has 0 bridgehead atoms. The molecule has 0 radical (unpaired) electrons. The molecule has 0 aromatic heterocycles. The first-order chi connectivity index (χ1) is 8.58. The molecule has 0 saturated heterocycles. The summed E-state index contributed by atoms with van der Waals surface area (Å²) in [5.74, 6) is 1.45. The molecule has 0 aromatic carbocycles. The molecule has 0 spiro atoms. The highest BCUT2D eigenvalue weighted by Gasteiger charge is 2.33. The number of hydrogen-bond donors (Lipinski definition) is 0. The molecule has 0 unspecified atom stereocenters. The predicted octanol–water partition coefficient (Wildman–Crippen LogP) is 2.67. The van der Waals surface area contributed by atoms with Crippen molar-refractivity contribution in [3.8, 4) is 0 Å². The van der Waals surface area contributed by atoms with Crippen molar-refractivity contribution in [2.75, 3.05) is 20.2 Å². The zero-order valence-electron chi connectivity index (χ0n) is 11.4. The third-order valence-corrected chi connectivity index (χ3v) is 4.55. The number of rotatable bonds is 6. The molecule has 0 N–H and O–H groups in total. The molecule has 4 heteroatoms. The van der Waals surface area contributed by atoms with Crippen molar-refractivity contribution in [2.45, 2.75) is 50.5 Å². The lowest BCUT2D eigenvalue weighted by Gasteiger charge is -2.37. The highest BCUT2D eigenvalue weighted by atomic mass is 35.5. The third kappa shape index (κ3) is 3.61. The van der Waals surface area contributed by atoms with E-state index in [-0.39, 0.29) is 5.91 Å². The first-order valence-electron chi connectivity index (χ1n) is 7.08. The fourth-order valence-corrected chi connectivity index (χ4v) is 3.41. The van der Waals surface area contributed by atoms with Crippen LogP contribution in [0.1, 0.15) is 39.0 Å². The first kappa shape index (κ1) is 14.1. The minimum atomic E-state index is 0.285. The number of carbonyl (C=O) groups excluding carboxylic acids is 1. The summed E-state index contributed by atoms with van der Waals surface area (Å²) >= 11 is 5.95. The van der Waals surface area contributed by atoms with Crippen LogP contribution in [0.2, 0.25) is 0 Å². The SMILES string of the molecule is CCOC1CC(CC(=O)N(C)CC2CC(Cl)C2)C1. The van der Waals surface area contributed by atoms with Crippen molar-refractivity contribution in [1.29, 1.82) is 0 Å². The van der Waals surface area contributed by atoms with Crippen LogP contribution in [-0.2, 0) is 9.53 Å². The van der Waals surface area contributed by atoms with Gasteiger partial charge >= 0.3 is 0 Å². The van der Waals surface area contributed by atoms with E-state index in [0.29, 0.717) is 29.7 Å². The lowest BCUT2D eigenvalue weighted by molar-refractivity contribution is -0.134. The summed E-state index contributed by atoms with van der Waals surface area (Å²) in [7, 11) is 1.92. The number of ether oxygens (including phenoxy) is 1. The first-order valence-corrected chi connectivity index (χ1v) is 7.51. The lowest BCUT2D eigenvalue weighted by Crippen LogP contribution is -2.40. The van der Waals surface area contributed by atoms with Gasteiger partial charge in [-0.2, -0.15) is 0 Å². The number of amides is 1. The van der Waals surface area contributed by atoms with Crippen LogP contribution in [0.25, 0.3) is 0 Å². The van der Waals surface area contributed by atoms with Gasteiger partial charge in [-0.1, -0.05) is 0 Å². The summed E-state index contributed by atoms with van der Waals surface area (Å²) in [6, 6.07) is 0. The van der Waals surface area contributed by atoms with Crippen LogP contribution in [0.3, 0.4) is 0 Å². The quantitative estimate of drug-likeness (QED) is 0.697. The average molecular weight is 274 g/mol. The van der Waals surface area contributed by atoms with Crippen LogP contribution in [-0.4, -0.2) is 42.5 Å². The predicted molar refractivity (Wildman–Crippen MR) is 72.8 cm³/mol. The zero-order valence-corrected chi connectivity index (χ0v) is 12.2. The molecule has 0 aliphatic heterocycles. The Hall–Kier alpha value is -0.280. The molecule has 104 valence electrons. The van der Waals surface area contributed by atoms with Gasteiger partial charge in [0, 0.05) is 32.0 Å². The monoisotopic (exact) mass is 273 g/mol. The summed E-state index contributed by atoms with van der Waals surface area (Å²) in [4.78, 5) is 13.9. The Bertz CT molecular complexity index is 286. The molecule has 2 aliphatic carbocycles. The maximum absolute atomic E-state index is 12.0. The topological polar surface area (TPSA) is 29.5 Å². The van der Waals surface area contributed by atoms with Crippen LogP contribution in [0.5, 0.6) is 0 Å².